The molecule has 2 rings (SSSR count). The van der Waals surface area contributed by atoms with Gasteiger partial charge in [0.05, 0.1) is 5.69 Å². The van der Waals surface area contributed by atoms with Gasteiger partial charge in [0, 0.05) is 10.6 Å². The van der Waals surface area contributed by atoms with E-state index in [2.05, 4.69) is 15.3 Å². The summed E-state index contributed by atoms with van der Waals surface area (Å²) < 4.78 is 40.0. The van der Waals surface area contributed by atoms with Gasteiger partial charge in [-0.05, 0) is 48.5 Å². The maximum atomic E-state index is 12.1. The van der Waals surface area contributed by atoms with Crippen molar-refractivity contribution in [3.63, 3.8) is 0 Å². The van der Waals surface area contributed by atoms with Gasteiger partial charge in [0.2, 0.25) is 11.5 Å². The fourth-order valence-corrected chi connectivity index (χ4v) is 1.84. The summed E-state index contributed by atoms with van der Waals surface area (Å²) in [5, 5.41) is 13.2. The Hall–Kier alpha value is -3.05. The highest BCUT2D eigenvalue weighted by Crippen LogP contribution is 2.24. The number of anilines is 1. The van der Waals surface area contributed by atoms with Crippen molar-refractivity contribution in [3.05, 3.63) is 59.1 Å². The van der Waals surface area contributed by atoms with Crippen molar-refractivity contribution in [1.82, 2.24) is 0 Å². The quantitative estimate of drug-likeness (QED) is 0.482. The maximum Gasteiger partial charge on any atom is 0.573 e. The zero-order valence-corrected chi connectivity index (χ0v) is 13.1. The van der Waals surface area contributed by atoms with E-state index in [9.17, 15) is 18.0 Å². The van der Waals surface area contributed by atoms with Crippen LogP contribution < -0.4 is 10.2 Å². The van der Waals surface area contributed by atoms with E-state index in [4.69, 9.17) is 16.9 Å². The molecule has 0 aliphatic carbocycles. The molecule has 0 aromatic heterocycles. The Balaban J connectivity index is 2.09. The molecule has 2 aromatic carbocycles. The molecule has 1 N–H and O–H groups in total. The lowest BCUT2D eigenvalue weighted by Gasteiger charge is -2.09. The largest absolute Gasteiger partial charge is 0.573 e. The van der Waals surface area contributed by atoms with Crippen molar-refractivity contribution >= 4 is 28.8 Å². The highest BCUT2D eigenvalue weighted by molar-refractivity contribution is 6.51. The number of carbonyl (C=O) groups is 1. The lowest BCUT2D eigenvalue weighted by atomic mass is 10.1. The average molecular weight is 368 g/mol. The minimum Gasteiger partial charge on any atom is -0.406 e. The van der Waals surface area contributed by atoms with Crippen LogP contribution in [0.3, 0.4) is 0 Å². The molecule has 0 radical (unpaired) electrons. The normalized spacial score (nSPS) is 11.6. The molecular weight excluding hydrogens is 359 g/mol. The zero-order chi connectivity index (χ0) is 18.4. The Labute approximate surface area is 145 Å². The molecule has 0 saturated heterocycles. The standard InChI is InChI=1S/C16H9ClF3N3O2/c17-11-3-1-10(2-4-11)15(24)14(9-21)23-22-12-5-7-13(8-6-12)25-16(18,19)20/h1-8,22H/b23-14+. The average Bonchev–Trinajstić information content (AvgIpc) is 2.56. The van der Waals surface area contributed by atoms with E-state index in [0.717, 1.165) is 12.1 Å². The highest BCUT2D eigenvalue weighted by Gasteiger charge is 2.30. The molecule has 2 aromatic rings. The van der Waals surface area contributed by atoms with Crippen LogP contribution in [-0.4, -0.2) is 17.9 Å². The first-order chi connectivity index (χ1) is 11.8. The molecule has 0 amide bonds. The number of hydrogen-bond acceptors (Lipinski definition) is 5. The molecule has 128 valence electrons. The van der Waals surface area contributed by atoms with Crippen LogP contribution in [0.4, 0.5) is 18.9 Å². The van der Waals surface area contributed by atoms with Crippen molar-refractivity contribution in [2.45, 2.75) is 6.36 Å². The van der Waals surface area contributed by atoms with Gasteiger partial charge < -0.3 is 4.74 Å². The molecule has 25 heavy (non-hydrogen) atoms. The summed E-state index contributed by atoms with van der Waals surface area (Å²) in [5.74, 6) is -1.02. The number of hydrogen-bond donors (Lipinski definition) is 1. The third kappa shape index (κ3) is 5.51. The molecule has 0 aliphatic heterocycles. The number of rotatable bonds is 5. The van der Waals surface area contributed by atoms with Crippen LogP contribution >= 0.6 is 11.6 Å². The number of nitrogens with zero attached hydrogens (tertiary/aromatic N) is 2. The zero-order valence-electron chi connectivity index (χ0n) is 12.3. The Morgan fingerprint density at radius 2 is 1.72 bits per heavy atom. The number of ether oxygens (including phenoxy) is 1. The Morgan fingerprint density at radius 1 is 1.12 bits per heavy atom. The third-order valence-corrected chi connectivity index (χ3v) is 3.06. The van der Waals surface area contributed by atoms with Gasteiger partial charge >= 0.3 is 6.36 Å². The third-order valence-electron chi connectivity index (χ3n) is 2.81. The van der Waals surface area contributed by atoms with Crippen LogP contribution in [0.2, 0.25) is 5.02 Å². The summed E-state index contributed by atoms with van der Waals surface area (Å²) in [6.45, 7) is 0. The first-order valence-corrected chi connectivity index (χ1v) is 7.06. The van der Waals surface area contributed by atoms with Gasteiger partial charge in [-0.2, -0.15) is 10.4 Å². The van der Waals surface area contributed by atoms with Crippen molar-refractivity contribution < 1.29 is 22.7 Å². The fraction of sp³-hybridized carbons (Fsp3) is 0.0625. The summed E-state index contributed by atoms with van der Waals surface area (Å²) in [6.07, 6.45) is -4.79. The van der Waals surface area contributed by atoms with E-state index < -0.39 is 23.6 Å². The summed E-state index contributed by atoms with van der Waals surface area (Å²) in [4.78, 5) is 12.1. The topological polar surface area (TPSA) is 74.5 Å². The van der Waals surface area contributed by atoms with Crippen molar-refractivity contribution in [1.29, 1.82) is 5.26 Å². The molecule has 0 fully saturated rings. The van der Waals surface area contributed by atoms with Crippen molar-refractivity contribution in [2.24, 2.45) is 5.10 Å². The second-order valence-corrected chi connectivity index (χ2v) is 5.03. The lowest BCUT2D eigenvalue weighted by Crippen LogP contribution is -2.17. The molecule has 0 bridgehead atoms. The fourth-order valence-electron chi connectivity index (χ4n) is 1.72. The number of Topliss-reactive ketones (excluding diaryl/α,β-unsaturated/α-hetero) is 1. The van der Waals surface area contributed by atoms with Gasteiger partial charge in [-0.15, -0.1) is 13.2 Å². The number of hydrazone groups is 1. The van der Waals surface area contributed by atoms with E-state index in [1.165, 1.54) is 36.4 Å². The number of ketones is 1. The van der Waals surface area contributed by atoms with Gasteiger partial charge in [-0.25, -0.2) is 0 Å². The Bertz CT molecular complexity index is 826. The Morgan fingerprint density at radius 3 is 2.24 bits per heavy atom. The number of alkyl halides is 3. The first-order valence-electron chi connectivity index (χ1n) is 6.68. The molecule has 0 unspecified atom stereocenters. The predicted octanol–water partition coefficient (Wildman–Crippen LogP) is 4.41. The van der Waals surface area contributed by atoms with Gasteiger partial charge in [0.15, 0.2) is 0 Å². The number of carbonyl (C=O) groups excluding carboxylic acids is 1. The smallest absolute Gasteiger partial charge is 0.406 e. The molecular formula is C16H9ClF3N3O2. The first kappa shape index (κ1) is 18.3. The van der Waals surface area contributed by atoms with Crippen LogP contribution in [0.15, 0.2) is 53.6 Å². The molecule has 5 nitrogen and oxygen atoms in total. The van der Waals surface area contributed by atoms with E-state index in [1.54, 1.807) is 6.07 Å². The van der Waals surface area contributed by atoms with Crippen LogP contribution in [0, 0.1) is 11.3 Å². The summed E-state index contributed by atoms with van der Waals surface area (Å²) >= 11 is 5.72. The van der Waals surface area contributed by atoms with Crippen molar-refractivity contribution in [2.75, 3.05) is 5.43 Å². The second-order valence-electron chi connectivity index (χ2n) is 4.59. The van der Waals surface area contributed by atoms with E-state index in [0.29, 0.717) is 5.02 Å². The molecule has 0 aliphatic rings. The molecule has 9 heteroatoms. The van der Waals surface area contributed by atoms with Crippen molar-refractivity contribution in [3.8, 4) is 11.8 Å². The number of benzene rings is 2. The number of nitrogens with one attached hydrogen (secondary N) is 1. The minimum absolute atomic E-state index is 0.223. The monoisotopic (exact) mass is 367 g/mol. The summed E-state index contributed by atoms with van der Waals surface area (Å²) in [6, 6.07) is 12.2. The Kier molecular flexibility index (Phi) is 5.62. The highest BCUT2D eigenvalue weighted by atomic mass is 35.5. The van der Waals surface area contributed by atoms with Crippen LogP contribution in [0.25, 0.3) is 0 Å². The van der Waals surface area contributed by atoms with Crippen LogP contribution in [-0.2, 0) is 0 Å². The van der Waals surface area contributed by atoms with Gasteiger partial charge in [-0.3, -0.25) is 10.2 Å². The number of nitriles is 1. The van der Waals surface area contributed by atoms with E-state index in [1.807, 2.05) is 0 Å². The van der Waals surface area contributed by atoms with Crippen LogP contribution in [0.1, 0.15) is 10.4 Å². The van der Waals surface area contributed by atoms with Crippen LogP contribution in [0.5, 0.6) is 5.75 Å². The molecule has 0 heterocycles. The van der Waals surface area contributed by atoms with E-state index >= 15 is 0 Å². The van der Waals surface area contributed by atoms with Gasteiger partial charge in [0.25, 0.3) is 0 Å². The molecule has 0 atom stereocenters. The van der Waals surface area contributed by atoms with E-state index in [-0.39, 0.29) is 11.3 Å². The summed E-state index contributed by atoms with van der Waals surface area (Å²) in [5.41, 5.74) is 2.50. The SMILES string of the molecule is N#C/C(=N\Nc1ccc(OC(F)(F)F)cc1)C(=O)c1ccc(Cl)cc1. The predicted molar refractivity (Wildman–Crippen MR) is 85.6 cm³/mol. The molecule has 0 spiro atoms. The number of halogens is 4. The summed E-state index contributed by atoms with van der Waals surface area (Å²) in [7, 11) is 0. The maximum absolute atomic E-state index is 12.1. The second kappa shape index (κ2) is 7.68. The minimum atomic E-state index is -4.79. The van der Waals surface area contributed by atoms with Gasteiger partial charge in [-0.1, -0.05) is 11.6 Å². The van der Waals surface area contributed by atoms with Gasteiger partial charge in [0.1, 0.15) is 11.8 Å². The lowest BCUT2D eigenvalue weighted by molar-refractivity contribution is -0.274. The molecule has 0 saturated carbocycles.